The number of halogens is 2. The third kappa shape index (κ3) is 3.10. The maximum Gasteiger partial charge on any atom is 0.280 e. The van der Waals surface area contributed by atoms with Crippen molar-refractivity contribution in [3.05, 3.63) is 74.8 Å². The van der Waals surface area contributed by atoms with Crippen molar-refractivity contribution in [3.8, 4) is 0 Å². The van der Waals surface area contributed by atoms with Gasteiger partial charge in [-0.3, -0.25) is 14.9 Å². The number of benzene rings is 2. The molecule has 0 N–H and O–H groups in total. The van der Waals surface area contributed by atoms with Crippen molar-refractivity contribution in [2.75, 3.05) is 0 Å². The van der Waals surface area contributed by atoms with E-state index in [4.69, 9.17) is 0 Å². The summed E-state index contributed by atoms with van der Waals surface area (Å²) in [4.78, 5) is 22.6. The number of nitro benzene ring substituents is 1. The molecule has 4 nitrogen and oxygen atoms in total. The smallest absolute Gasteiger partial charge is 0.280 e. The van der Waals surface area contributed by atoms with Gasteiger partial charge in [0.25, 0.3) is 5.69 Å². The monoisotopic (exact) mass is 291 g/mol. The van der Waals surface area contributed by atoms with Crippen molar-refractivity contribution in [1.29, 1.82) is 0 Å². The first-order chi connectivity index (χ1) is 9.90. The second-order valence-corrected chi connectivity index (χ2v) is 4.57. The Morgan fingerprint density at radius 3 is 2.52 bits per heavy atom. The standard InChI is InChI=1S/C15H11F2NO3/c1-9-3-2-4-13(18(20)21)15(9)14(19)8-10-5-6-11(16)12(17)7-10/h2-7H,8H2,1H3. The zero-order valence-corrected chi connectivity index (χ0v) is 11.1. The van der Waals surface area contributed by atoms with Crippen LogP contribution in [0.1, 0.15) is 21.5 Å². The van der Waals surface area contributed by atoms with E-state index in [1.165, 1.54) is 18.2 Å². The molecule has 0 aliphatic carbocycles. The van der Waals surface area contributed by atoms with Crippen LogP contribution in [0.5, 0.6) is 0 Å². The first-order valence-corrected chi connectivity index (χ1v) is 6.11. The fourth-order valence-electron chi connectivity index (χ4n) is 2.09. The second-order valence-electron chi connectivity index (χ2n) is 4.57. The third-order valence-electron chi connectivity index (χ3n) is 3.08. The minimum Gasteiger partial charge on any atom is -0.294 e. The lowest BCUT2D eigenvalue weighted by Crippen LogP contribution is -2.09. The lowest BCUT2D eigenvalue weighted by atomic mass is 9.97. The Morgan fingerprint density at radius 2 is 1.90 bits per heavy atom. The van der Waals surface area contributed by atoms with Gasteiger partial charge in [0.2, 0.25) is 0 Å². The molecule has 0 aliphatic heterocycles. The van der Waals surface area contributed by atoms with Gasteiger partial charge in [-0.25, -0.2) is 8.78 Å². The molecule has 0 heterocycles. The number of carbonyl (C=O) groups is 1. The molecule has 0 saturated carbocycles. The van der Waals surface area contributed by atoms with Crippen molar-refractivity contribution in [2.24, 2.45) is 0 Å². The predicted octanol–water partition coefficient (Wildman–Crippen LogP) is 3.61. The summed E-state index contributed by atoms with van der Waals surface area (Å²) in [5, 5.41) is 11.0. The van der Waals surface area contributed by atoms with Gasteiger partial charge in [-0.1, -0.05) is 18.2 Å². The van der Waals surface area contributed by atoms with Crippen molar-refractivity contribution < 1.29 is 18.5 Å². The number of nitro groups is 1. The predicted molar refractivity (Wildman–Crippen MR) is 72.2 cm³/mol. The van der Waals surface area contributed by atoms with Gasteiger partial charge in [0.05, 0.1) is 10.5 Å². The van der Waals surface area contributed by atoms with Gasteiger partial charge in [0.1, 0.15) is 0 Å². The number of aryl methyl sites for hydroxylation is 1. The minimum absolute atomic E-state index is 0.00719. The number of nitrogens with zero attached hydrogens (tertiary/aromatic N) is 1. The van der Waals surface area contributed by atoms with Crippen LogP contribution in [0.4, 0.5) is 14.5 Å². The molecule has 2 aromatic carbocycles. The number of ketones is 1. The van der Waals surface area contributed by atoms with Crippen molar-refractivity contribution in [3.63, 3.8) is 0 Å². The summed E-state index contributed by atoms with van der Waals surface area (Å²) in [5.41, 5.74) is 0.433. The Morgan fingerprint density at radius 1 is 1.19 bits per heavy atom. The first-order valence-electron chi connectivity index (χ1n) is 6.11. The van der Waals surface area contributed by atoms with Crippen LogP contribution in [0, 0.1) is 28.7 Å². The molecule has 2 rings (SSSR count). The zero-order valence-electron chi connectivity index (χ0n) is 11.1. The molecule has 0 amide bonds. The van der Waals surface area contributed by atoms with E-state index in [1.807, 2.05) is 0 Å². The maximum atomic E-state index is 13.1. The number of carbonyl (C=O) groups excluding carboxylic acids is 1. The van der Waals surface area contributed by atoms with E-state index < -0.39 is 22.3 Å². The van der Waals surface area contributed by atoms with E-state index in [2.05, 4.69) is 0 Å². The van der Waals surface area contributed by atoms with Crippen LogP contribution < -0.4 is 0 Å². The average Bonchev–Trinajstić information content (AvgIpc) is 2.42. The van der Waals surface area contributed by atoms with Gasteiger partial charge < -0.3 is 0 Å². The largest absolute Gasteiger partial charge is 0.294 e. The number of hydrogen-bond donors (Lipinski definition) is 0. The molecule has 0 aromatic heterocycles. The van der Waals surface area contributed by atoms with Crippen molar-refractivity contribution >= 4 is 11.5 Å². The maximum absolute atomic E-state index is 13.1. The van der Waals surface area contributed by atoms with Gasteiger partial charge >= 0.3 is 0 Å². The highest BCUT2D eigenvalue weighted by molar-refractivity contribution is 6.02. The Hall–Kier alpha value is -2.63. The molecule has 6 heteroatoms. The van der Waals surface area contributed by atoms with Crippen LogP contribution in [0.3, 0.4) is 0 Å². The lowest BCUT2D eigenvalue weighted by Gasteiger charge is -2.06. The van der Waals surface area contributed by atoms with Crippen LogP contribution >= 0.6 is 0 Å². The Balaban J connectivity index is 2.36. The number of Topliss-reactive ketones (excluding diaryl/α,β-unsaturated/α-hetero) is 1. The number of rotatable bonds is 4. The molecule has 0 radical (unpaired) electrons. The topological polar surface area (TPSA) is 60.2 Å². The van der Waals surface area contributed by atoms with Crippen LogP contribution in [-0.2, 0) is 6.42 Å². The van der Waals surface area contributed by atoms with Gasteiger partial charge in [-0.05, 0) is 30.2 Å². The van der Waals surface area contributed by atoms with E-state index >= 15 is 0 Å². The Kier molecular flexibility index (Phi) is 4.07. The highest BCUT2D eigenvalue weighted by atomic mass is 19.2. The second kappa shape index (κ2) is 5.78. The first kappa shape index (κ1) is 14.8. The van der Waals surface area contributed by atoms with Crippen LogP contribution in [0.2, 0.25) is 0 Å². The average molecular weight is 291 g/mol. The molecule has 0 unspecified atom stereocenters. The summed E-state index contributed by atoms with van der Waals surface area (Å²) in [6.07, 6.45) is -0.233. The molecule has 0 aliphatic rings. The molecule has 0 atom stereocenters. The SMILES string of the molecule is Cc1cccc([N+](=O)[O-])c1C(=O)Cc1ccc(F)c(F)c1. The van der Waals surface area contributed by atoms with Crippen LogP contribution in [0.25, 0.3) is 0 Å². The molecule has 108 valence electrons. The van der Waals surface area contributed by atoms with Gasteiger partial charge in [0.15, 0.2) is 17.4 Å². The van der Waals surface area contributed by atoms with Gasteiger partial charge in [0, 0.05) is 12.5 Å². The van der Waals surface area contributed by atoms with Gasteiger partial charge in [-0.15, -0.1) is 0 Å². The van der Waals surface area contributed by atoms with Crippen LogP contribution in [0.15, 0.2) is 36.4 Å². The fourth-order valence-corrected chi connectivity index (χ4v) is 2.09. The van der Waals surface area contributed by atoms with Gasteiger partial charge in [-0.2, -0.15) is 0 Å². The van der Waals surface area contributed by atoms with E-state index in [-0.39, 0.29) is 23.2 Å². The summed E-state index contributed by atoms with van der Waals surface area (Å²) in [5.74, 6) is -2.57. The molecular weight excluding hydrogens is 280 g/mol. The third-order valence-corrected chi connectivity index (χ3v) is 3.08. The molecule has 21 heavy (non-hydrogen) atoms. The zero-order chi connectivity index (χ0) is 15.6. The molecule has 0 bridgehead atoms. The highest BCUT2D eigenvalue weighted by Gasteiger charge is 2.22. The van der Waals surface area contributed by atoms with Crippen molar-refractivity contribution in [2.45, 2.75) is 13.3 Å². The molecular formula is C15H11F2NO3. The summed E-state index contributed by atoms with van der Waals surface area (Å²) >= 11 is 0. The molecule has 0 spiro atoms. The normalized spacial score (nSPS) is 10.4. The summed E-state index contributed by atoms with van der Waals surface area (Å²) in [6.45, 7) is 1.59. The Bertz CT molecular complexity index is 729. The van der Waals surface area contributed by atoms with Crippen molar-refractivity contribution in [1.82, 2.24) is 0 Å². The molecule has 0 saturated heterocycles. The number of hydrogen-bond acceptors (Lipinski definition) is 3. The summed E-state index contributed by atoms with van der Waals surface area (Å²) < 4.78 is 26.0. The Labute approximate surface area is 119 Å². The fraction of sp³-hybridized carbons (Fsp3) is 0.133. The van der Waals surface area contributed by atoms with E-state index in [0.29, 0.717) is 5.56 Å². The van der Waals surface area contributed by atoms with E-state index in [1.54, 1.807) is 13.0 Å². The van der Waals surface area contributed by atoms with E-state index in [0.717, 1.165) is 12.1 Å². The molecule has 2 aromatic rings. The summed E-state index contributed by atoms with van der Waals surface area (Å²) in [6, 6.07) is 7.43. The highest BCUT2D eigenvalue weighted by Crippen LogP contribution is 2.24. The van der Waals surface area contributed by atoms with E-state index in [9.17, 15) is 23.7 Å². The quantitative estimate of drug-likeness (QED) is 0.491. The summed E-state index contributed by atoms with van der Waals surface area (Å²) in [7, 11) is 0. The van der Waals surface area contributed by atoms with Crippen LogP contribution in [-0.4, -0.2) is 10.7 Å². The lowest BCUT2D eigenvalue weighted by molar-refractivity contribution is -0.385. The minimum atomic E-state index is -1.06. The molecule has 0 fully saturated rings.